The summed E-state index contributed by atoms with van der Waals surface area (Å²) >= 11 is 12.2. The topological polar surface area (TPSA) is 12.9 Å². The molecular weight excluding hydrogens is 241 g/mol. The van der Waals surface area contributed by atoms with E-state index in [2.05, 4.69) is 25.8 Å². The molecule has 0 aliphatic heterocycles. The van der Waals surface area contributed by atoms with Crippen LogP contribution in [0.25, 0.3) is 10.8 Å². The summed E-state index contributed by atoms with van der Waals surface area (Å²) in [6, 6.07) is 5.75. The Morgan fingerprint density at radius 1 is 1.12 bits per heavy atom. The first-order chi connectivity index (χ1) is 7.39. The highest BCUT2D eigenvalue weighted by molar-refractivity contribution is 6.45. The van der Waals surface area contributed by atoms with Gasteiger partial charge >= 0.3 is 0 Å². The molecule has 1 aromatic heterocycles. The molecule has 0 spiro atoms. The van der Waals surface area contributed by atoms with E-state index in [1.54, 1.807) is 6.07 Å². The summed E-state index contributed by atoms with van der Waals surface area (Å²) < 4.78 is 0. The fraction of sp³-hybridized carbons (Fsp3) is 0.308. The lowest BCUT2D eigenvalue weighted by molar-refractivity contribution is 0.570. The molecule has 1 aromatic carbocycles. The Morgan fingerprint density at radius 2 is 1.81 bits per heavy atom. The molecule has 1 heterocycles. The van der Waals surface area contributed by atoms with Gasteiger partial charge in [0.25, 0.3) is 0 Å². The minimum atomic E-state index is 0.0137. The van der Waals surface area contributed by atoms with E-state index in [0.717, 1.165) is 16.5 Å². The lowest BCUT2D eigenvalue weighted by Gasteiger charge is -2.18. The first-order valence-electron chi connectivity index (χ1n) is 5.14. The number of benzene rings is 1. The van der Waals surface area contributed by atoms with Gasteiger partial charge in [0.1, 0.15) is 0 Å². The number of aromatic nitrogens is 1. The Bertz CT molecular complexity index is 541. The van der Waals surface area contributed by atoms with Crippen LogP contribution in [0.5, 0.6) is 0 Å². The molecule has 16 heavy (non-hydrogen) atoms. The number of pyridine rings is 1. The molecule has 2 rings (SSSR count). The highest BCUT2D eigenvalue weighted by Gasteiger charge is 2.16. The third-order valence-corrected chi connectivity index (χ3v) is 3.38. The molecule has 0 amide bonds. The van der Waals surface area contributed by atoms with Crippen molar-refractivity contribution in [1.82, 2.24) is 4.98 Å². The van der Waals surface area contributed by atoms with Crippen LogP contribution >= 0.6 is 23.2 Å². The van der Waals surface area contributed by atoms with Crippen molar-refractivity contribution >= 4 is 34.0 Å². The first kappa shape index (κ1) is 11.7. The molecule has 0 aliphatic rings. The Morgan fingerprint density at radius 3 is 2.44 bits per heavy atom. The SMILES string of the molecule is CC(C)(C)c1cc2c(Cl)c(Cl)ccc2cn1. The van der Waals surface area contributed by atoms with Crippen molar-refractivity contribution < 1.29 is 0 Å². The zero-order valence-electron chi connectivity index (χ0n) is 9.51. The fourth-order valence-electron chi connectivity index (χ4n) is 1.56. The van der Waals surface area contributed by atoms with Crippen LogP contribution in [0.1, 0.15) is 26.5 Å². The summed E-state index contributed by atoms with van der Waals surface area (Å²) in [7, 11) is 0. The molecule has 0 unspecified atom stereocenters. The third kappa shape index (κ3) is 2.02. The van der Waals surface area contributed by atoms with E-state index in [9.17, 15) is 0 Å². The van der Waals surface area contributed by atoms with Gasteiger partial charge in [0.2, 0.25) is 0 Å². The van der Waals surface area contributed by atoms with Crippen molar-refractivity contribution in [2.75, 3.05) is 0 Å². The van der Waals surface area contributed by atoms with E-state index in [0.29, 0.717) is 10.0 Å². The molecule has 0 atom stereocenters. The zero-order chi connectivity index (χ0) is 11.9. The van der Waals surface area contributed by atoms with Gasteiger partial charge in [0, 0.05) is 28.1 Å². The summed E-state index contributed by atoms with van der Waals surface area (Å²) in [6.07, 6.45) is 1.85. The minimum Gasteiger partial charge on any atom is -0.260 e. The number of hydrogen-bond donors (Lipinski definition) is 0. The van der Waals surface area contributed by atoms with Crippen LogP contribution in [-0.4, -0.2) is 4.98 Å². The Labute approximate surface area is 105 Å². The van der Waals surface area contributed by atoms with E-state index in [4.69, 9.17) is 23.2 Å². The summed E-state index contributed by atoms with van der Waals surface area (Å²) in [6.45, 7) is 6.37. The van der Waals surface area contributed by atoms with Crippen molar-refractivity contribution in [3.05, 3.63) is 40.1 Å². The molecule has 3 heteroatoms. The lowest BCUT2D eigenvalue weighted by atomic mass is 9.91. The normalized spacial score (nSPS) is 12.1. The number of rotatable bonds is 0. The predicted octanol–water partition coefficient (Wildman–Crippen LogP) is 4.84. The van der Waals surface area contributed by atoms with Gasteiger partial charge in [-0.1, -0.05) is 50.0 Å². The summed E-state index contributed by atoms with van der Waals surface area (Å²) in [5.41, 5.74) is 1.03. The number of fused-ring (bicyclic) bond motifs is 1. The Balaban J connectivity index is 2.74. The van der Waals surface area contributed by atoms with Gasteiger partial charge in [0.15, 0.2) is 0 Å². The van der Waals surface area contributed by atoms with E-state index in [1.165, 1.54) is 0 Å². The molecule has 1 nitrogen and oxygen atoms in total. The highest BCUT2D eigenvalue weighted by atomic mass is 35.5. The maximum absolute atomic E-state index is 6.19. The molecule has 0 fully saturated rings. The van der Waals surface area contributed by atoms with E-state index in [-0.39, 0.29) is 5.41 Å². The zero-order valence-corrected chi connectivity index (χ0v) is 11.0. The second-order valence-electron chi connectivity index (χ2n) is 4.90. The van der Waals surface area contributed by atoms with Crippen LogP contribution in [0, 0.1) is 0 Å². The molecule has 0 radical (unpaired) electrons. The quantitative estimate of drug-likeness (QED) is 0.655. The van der Waals surface area contributed by atoms with Crippen molar-refractivity contribution in [3.8, 4) is 0 Å². The molecule has 0 saturated carbocycles. The van der Waals surface area contributed by atoms with Crippen molar-refractivity contribution in [2.24, 2.45) is 0 Å². The van der Waals surface area contributed by atoms with Crippen LogP contribution < -0.4 is 0 Å². The second-order valence-corrected chi connectivity index (χ2v) is 5.69. The molecule has 0 bridgehead atoms. The van der Waals surface area contributed by atoms with Crippen LogP contribution in [-0.2, 0) is 5.41 Å². The summed E-state index contributed by atoms with van der Waals surface area (Å²) in [4.78, 5) is 4.45. The number of nitrogens with zero attached hydrogens (tertiary/aromatic N) is 1. The highest BCUT2D eigenvalue weighted by Crippen LogP contribution is 2.32. The van der Waals surface area contributed by atoms with Gasteiger partial charge in [-0.25, -0.2) is 0 Å². The number of halogens is 2. The molecule has 84 valence electrons. The minimum absolute atomic E-state index is 0.0137. The summed E-state index contributed by atoms with van der Waals surface area (Å²) in [5.74, 6) is 0. The third-order valence-electron chi connectivity index (χ3n) is 2.56. The molecular formula is C13H13Cl2N. The monoisotopic (exact) mass is 253 g/mol. The maximum atomic E-state index is 6.19. The molecule has 0 aliphatic carbocycles. The average Bonchev–Trinajstić information content (AvgIpc) is 2.22. The van der Waals surface area contributed by atoms with Gasteiger partial charge in [-0.2, -0.15) is 0 Å². The number of hydrogen-bond acceptors (Lipinski definition) is 1. The van der Waals surface area contributed by atoms with Crippen molar-refractivity contribution in [2.45, 2.75) is 26.2 Å². The van der Waals surface area contributed by atoms with Gasteiger partial charge in [0.05, 0.1) is 10.0 Å². The smallest absolute Gasteiger partial charge is 0.0671 e. The fourth-order valence-corrected chi connectivity index (χ4v) is 1.96. The maximum Gasteiger partial charge on any atom is 0.0671 e. The first-order valence-corrected chi connectivity index (χ1v) is 5.89. The summed E-state index contributed by atoms with van der Waals surface area (Å²) in [5, 5.41) is 3.17. The van der Waals surface area contributed by atoms with Crippen LogP contribution in [0.2, 0.25) is 10.0 Å². The van der Waals surface area contributed by atoms with Gasteiger partial charge in [-0.15, -0.1) is 0 Å². The molecule has 0 N–H and O–H groups in total. The molecule has 0 saturated heterocycles. The van der Waals surface area contributed by atoms with Crippen LogP contribution in [0.3, 0.4) is 0 Å². The predicted molar refractivity (Wildman–Crippen MR) is 70.5 cm³/mol. The van der Waals surface area contributed by atoms with Crippen LogP contribution in [0.15, 0.2) is 24.4 Å². The van der Waals surface area contributed by atoms with Crippen molar-refractivity contribution in [3.63, 3.8) is 0 Å². The largest absolute Gasteiger partial charge is 0.260 e. The average molecular weight is 254 g/mol. The van der Waals surface area contributed by atoms with Gasteiger partial charge in [-0.05, 0) is 12.1 Å². The van der Waals surface area contributed by atoms with Crippen LogP contribution in [0.4, 0.5) is 0 Å². The van der Waals surface area contributed by atoms with E-state index < -0.39 is 0 Å². The van der Waals surface area contributed by atoms with Gasteiger partial charge < -0.3 is 0 Å². The second kappa shape index (κ2) is 3.90. The Kier molecular flexibility index (Phi) is 2.85. The van der Waals surface area contributed by atoms with Crippen molar-refractivity contribution in [1.29, 1.82) is 0 Å². The lowest BCUT2D eigenvalue weighted by Crippen LogP contribution is -2.13. The van der Waals surface area contributed by atoms with Gasteiger partial charge in [-0.3, -0.25) is 4.98 Å². The molecule has 2 aromatic rings. The van der Waals surface area contributed by atoms with E-state index in [1.807, 2.05) is 18.3 Å². The Hall–Kier alpha value is -0.790. The van der Waals surface area contributed by atoms with E-state index >= 15 is 0 Å². The standard InChI is InChI=1S/C13H13Cl2N/c1-13(2,3)11-6-9-8(7-16-11)4-5-10(14)12(9)15/h4-7H,1-3H3.